The first-order valence-corrected chi connectivity index (χ1v) is 9.47. The Morgan fingerprint density at radius 2 is 1.65 bits per heavy atom. The van der Waals surface area contributed by atoms with Crippen molar-refractivity contribution in [1.82, 2.24) is 14.8 Å². The van der Waals surface area contributed by atoms with Crippen molar-refractivity contribution in [1.29, 1.82) is 0 Å². The number of nitrogens with one attached hydrogen (secondary N) is 1. The Kier molecular flexibility index (Phi) is 5.48. The van der Waals surface area contributed by atoms with Gasteiger partial charge in [0.25, 0.3) is 5.91 Å². The van der Waals surface area contributed by atoms with Crippen molar-refractivity contribution in [3.05, 3.63) is 95.3 Å². The SMILES string of the molecule is O=C(Nc1cccc(C(F)(F)F)c1)c1nc(-c2ccccc2)n(-c2ccccc2Cl)n1. The molecule has 9 heteroatoms. The summed E-state index contributed by atoms with van der Waals surface area (Å²) < 4.78 is 40.3. The lowest BCUT2D eigenvalue weighted by Crippen LogP contribution is -2.15. The summed E-state index contributed by atoms with van der Waals surface area (Å²) in [5.74, 6) is -0.596. The molecule has 0 unspecified atom stereocenters. The van der Waals surface area contributed by atoms with Crippen LogP contribution < -0.4 is 5.32 Å². The Hall–Kier alpha value is -3.65. The number of halogens is 4. The van der Waals surface area contributed by atoms with E-state index in [0.29, 0.717) is 22.1 Å². The summed E-state index contributed by atoms with van der Waals surface area (Å²) >= 11 is 6.30. The van der Waals surface area contributed by atoms with Crippen LogP contribution in [0.25, 0.3) is 17.1 Å². The normalized spacial score (nSPS) is 11.4. The molecule has 4 rings (SSSR count). The standard InChI is InChI=1S/C22H14ClF3N4O/c23-17-11-4-5-12-18(17)30-20(14-7-2-1-3-8-14)28-19(29-30)21(31)27-16-10-6-9-15(13-16)22(24,25)26/h1-13H,(H,27,31). The van der Waals surface area contributed by atoms with Gasteiger partial charge in [0.15, 0.2) is 5.82 Å². The zero-order valence-electron chi connectivity index (χ0n) is 15.8. The number of nitrogens with zero attached hydrogens (tertiary/aromatic N) is 3. The van der Waals surface area contributed by atoms with E-state index < -0.39 is 17.6 Å². The summed E-state index contributed by atoms with van der Waals surface area (Å²) in [6, 6.07) is 20.3. The van der Waals surface area contributed by atoms with Gasteiger partial charge >= 0.3 is 6.18 Å². The highest BCUT2D eigenvalue weighted by Gasteiger charge is 2.30. The highest BCUT2D eigenvalue weighted by molar-refractivity contribution is 6.32. The summed E-state index contributed by atoms with van der Waals surface area (Å²) in [5.41, 5.74) is 0.307. The van der Waals surface area contributed by atoms with Crippen LogP contribution in [-0.4, -0.2) is 20.7 Å². The predicted molar refractivity (Wildman–Crippen MR) is 111 cm³/mol. The number of benzene rings is 3. The van der Waals surface area contributed by atoms with E-state index in [1.54, 1.807) is 36.4 Å². The first-order chi connectivity index (χ1) is 14.8. The monoisotopic (exact) mass is 442 g/mol. The van der Waals surface area contributed by atoms with Crippen molar-refractivity contribution in [2.45, 2.75) is 6.18 Å². The molecule has 0 saturated heterocycles. The van der Waals surface area contributed by atoms with Crippen LogP contribution in [-0.2, 0) is 6.18 Å². The quantitative estimate of drug-likeness (QED) is 0.430. The molecule has 0 saturated carbocycles. The van der Waals surface area contributed by atoms with Crippen LogP contribution in [0.15, 0.2) is 78.9 Å². The highest BCUT2D eigenvalue weighted by Crippen LogP contribution is 2.31. The molecule has 0 radical (unpaired) electrons. The van der Waals surface area contributed by atoms with Gasteiger partial charge in [-0.2, -0.15) is 13.2 Å². The number of amides is 1. The van der Waals surface area contributed by atoms with E-state index in [2.05, 4.69) is 15.4 Å². The average Bonchev–Trinajstić information content (AvgIpc) is 3.20. The number of carbonyl (C=O) groups is 1. The molecule has 3 aromatic carbocycles. The fourth-order valence-corrected chi connectivity index (χ4v) is 3.15. The molecule has 0 atom stereocenters. The molecule has 0 aliphatic carbocycles. The Morgan fingerprint density at radius 1 is 0.935 bits per heavy atom. The number of hydrogen-bond acceptors (Lipinski definition) is 3. The smallest absolute Gasteiger partial charge is 0.319 e. The van der Waals surface area contributed by atoms with Gasteiger partial charge in [0.2, 0.25) is 5.82 Å². The molecule has 31 heavy (non-hydrogen) atoms. The van der Waals surface area contributed by atoms with Crippen LogP contribution in [0.4, 0.5) is 18.9 Å². The van der Waals surface area contributed by atoms with Gasteiger partial charge in [-0.3, -0.25) is 4.79 Å². The predicted octanol–water partition coefficient (Wildman–Crippen LogP) is 5.86. The second-order valence-corrected chi connectivity index (χ2v) is 6.93. The van der Waals surface area contributed by atoms with Gasteiger partial charge in [-0.1, -0.05) is 60.1 Å². The minimum absolute atomic E-state index is 0.0184. The molecule has 0 bridgehead atoms. The third kappa shape index (κ3) is 4.44. The molecule has 1 heterocycles. The van der Waals surface area contributed by atoms with Gasteiger partial charge in [-0.05, 0) is 30.3 Å². The van der Waals surface area contributed by atoms with Crippen LogP contribution in [0.5, 0.6) is 0 Å². The van der Waals surface area contributed by atoms with E-state index in [4.69, 9.17) is 11.6 Å². The maximum Gasteiger partial charge on any atom is 0.416 e. The number of aromatic nitrogens is 3. The fraction of sp³-hybridized carbons (Fsp3) is 0.0455. The summed E-state index contributed by atoms with van der Waals surface area (Å²) in [6.07, 6.45) is -4.52. The van der Waals surface area contributed by atoms with E-state index >= 15 is 0 Å². The van der Waals surface area contributed by atoms with Crippen LogP contribution in [0, 0.1) is 0 Å². The molecule has 156 valence electrons. The molecular formula is C22H14ClF3N4O. The summed E-state index contributed by atoms with van der Waals surface area (Å²) in [6.45, 7) is 0. The van der Waals surface area contributed by atoms with Crippen molar-refractivity contribution >= 4 is 23.2 Å². The first kappa shape index (κ1) is 20.6. The topological polar surface area (TPSA) is 59.8 Å². The Balaban J connectivity index is 1.73. The first-order valence-electron chi connectivity index (χ1n) is 9.09. The molecule has 0 spiro atoms. The molecule has 1 N–H and O–H groups in total. The third-order valence-corrected chi connectivity index (χ3v) is 4.69. The van der Waals surface area contributed by atoms with Gasteiger partial charge < -0.3 is 5.32 Å². The van der Waals surface area contributed by atoms with Crippen molar-refractivity contribution in [3.63, 3.8) is 0 Å². The number of hydrogen-bond donors (Lipinski definition) is 1. The van der Waals surface area contributed by atoms with Gasteiger partial charge in [0, 0.05) is 11.3 Å². The minimum atomic E-state index is -4.52. The largest absolute Gasteiger partial charge is 0.416 e. The van der Waals surface area contributed by atoms with Crippen molar-refractivity contribution < 1.29 is 18.0 Å². The van der Waals surface area contributed by atoms with Gasteiger partial charge in [0.1, 0.15) is 0 Å². The lowest BCUT2D eigenvalue weighted by Gasteiger charge is -2.09. The molecule has 5 nitrogen and oxygen atoms in total. The maximum absolute atomic E-state index is 12.9. The van der Waals surface area contributed by atoms with Crippen LogP contribution >= 0.6 is 11.6 Å². The van der Waals surface area contributed by atoms with E-state index in [1.807, 2.05) is 18.2 Å². The van der Waals surface area contributed by atoms with Crippen LogP contribution in [0.1, 0.15) is 16.2 Å². The molecule has 0 aliphatic rings. The number of para-hydroxylation sites is 1. The number of alkyl halides is 3. The maximum atomic E-state index is 12.9. The number of rotatable bonds is 4. The van der Waals surface area contributed by atoms with Crippen molar-refractivity contribution in [3.8, 4) is 17.1 Å². The second-order valence-electron chi connectivity index (χ2n) is 6.52. The molecule has 4 aromatic rings. The van der Waals surface area contributed by atoms with Crippen LogP contribution in [0.3, 0.4) is 0 Å². The second kappa shape index (κ2) is 8.23. The molecule has 1 aromatic heterocycles. The molecule has 0 fully saturated rings. The fourth-order valence-electron chi connectivity index (χ4n) is 2.93. The lowest BCUT2D eigenvalue weighted by molar-refractivity contribution is -0.137. The van der Waals surface area contributed by atoms with E-state index in [9.17, 15) is 18.0 Å². The zero-order valence-corrected chi connectivity index (χ0v) is 16.5. The molecule has 1 amide bonds. The van der Waals surface area contributed by atoms with E-state index in [0.717, 1.165) is 12.1 Å². The Morgan fingerprint density at radius 3 is 2.35 bits per heavy atom. The Bertz CT molecular complexity index is 1240. The van der Waals surface area contributed by atoms with Gasteiger partial charge in [-0.25, -0.2) is 9.67 Å². The number of anilines is 1. The minimum Gasteiger partial charge on any atom is -0.319 e. The summed E-state index contributed by atoms with van der Waals surface area (Å²) in [4.78, 5) is 17.0. The van der Waals surface area contributed by atoms with Gasteiger partial charge in [-0.15, -0.1) is 5.10 Å². The van der Waals surface area contributed by atoms with Crippen molar-refractivity contribution in [2.24, 2.45) is 0 Å². The molecular weight excluding hydrogens is 429 g/mol. The van der Waals surface area contributed by atoms with E-state index in [1.165, 1.54) is 16.8 Å². The van der Waals surface area contributed by atoms with E-state index in [-0.39, 0.29) is 11.5 Å². The average molecular weight is 443 g/mol. The van der Waals surface area contributed by atoms with Gasteiger partial charge in [0.05, 0.1) is 16.3 Å². The highest BCUT2D eigenvalue weighted by atomic mass is 35.5. The molecule has 0 aliphatic heterocycles. The Labute approximate surface area is 180 Å². The van der Waals surface area contributed by atoms with Crippen molar-refractivity contribution in [2.75, 3.05) is 5.32 Å². The third-order valence-electron chi connectivity index (χ3n) is 4.37. The summed E-state index contributed by atoms with van der Waals surface area (Å²) in [7, 11) is 0. The number of carbonyl (C=O) groups excluding carboxylic acids is 1. The zero-order chi connectivity index (χ0) is 22.0. The van der Waals surface area contributed by atoms with Crippen LogP contribution in [0.2, 0.25) is 5.02 Å². The summed E-state index contributed by atoms with van der Waals surface area (Å²) in [5, 5.41) is 7.09. The lowest BCUT2D eigenvalue weighted by atomic mass is 10.2.